The number of methoxy groups -OCH3 is 1. The van der Waals surface area contributed by atoms with Gasteiger partial charge in [0.15, 0.2) is 0 Å². The zero-order valence-corrected chi connectivity index (χ0v) is 26.5. The van der Waals surface area contributed by atoms with Crippen molar-refractivity contribution in [2.45, 2.75) is 35.7 Å². The number of nitrogens with zero attached hydrogens (tertiary/aromatic N) is 2. The molecule has 0 bridgehead atoms. The van der Waals surface area contributed by atoms with Gasteiger partial charge in [-0.3, -0.25) is 19.3 Å². The fourth-order valence-corrected chi connectivity index (χ4v) is 7.18. The van der Waals surface area contributed by atoms with Gasteiger partial charge in [-0.25, -0.2) is 13.4 Å². The Morgan fingerprint density at radius 1 is 1.07 bits per heavy atom. The van der Waals surface area contributed by atoms with Gasteiger partial charge in [0, 0.05) is 28.7 Å². The second kappa shape index (κ2) is 13.6. The quantitative estimate of drug-likeness (QED) is 0.179. The molecule has 13 heteroatoms. The lowest BCUT2D eigenvalue weighted by molar-refractivity contribution is -0.145. The highest BCUT2D eigenvalue weighted by atomic mass is 32.2. The summed E-state index contributed by atoms with van der Waals surface area (Å²) < 4.78 is 37.0. The molecule has 2 N–H and O–H groups in total. The summed E-state index contributed by atoms with van der Waals surface area (Å²) in [6, 6.07) is 17.4. The molecule has 0 fully saturated rings. The van der Waals surface area contributed by atoms with E-state index in [-0.39, 0.29) is 45.2 Å². The van der Waals surface area contributed by atoms with Crippen LogP contribution in [0.1, 0.15) is 38.9 Å². The van der Waals surface area contributed by atoms with Gasteiger partial charge < -0.3 is 20.1 Å². The second-order valence-electron chi connectivity index (χ2n) is 10.4. The number of hydrogen-bond acceptors (Lipinski definition) is 10. The summed E-state index contributed by atoms with van der Waals surface area (Å²) in [7, 11) is -0.709. The molecule has 1 aliphatic rings. The van der Waals surface area contributed by atoms with E-state index >= 15 is 0 Å². The Hall–Kier alpha value is -4.59. The Bertz CT molecular complexity index is 1840. The predicted molar refractivity (Wildman–Crippen MR) is 169 cm³/mol. The number of sulfone groups is 1. The molecule has 1 atom stereocenters. The molecule has 3 aromatic carbocycles. The maximum absolute atomic E-state index is 13.2. The van der Waals surface area contributed by atoms with E-state index in [2.05, 4.69) is 15.6 Å². The molecule has 1 aliphatic heterocycles. The third kappa shape index (κ3) is 7.06. The third-order valence-electron chi connectivity index (χ3n) is 7.41. The van der Waals surface area contributed by atoms with Crippen LogP contribution >= 0.6 is 11.3 Å². The van der Waals surface area contributed by atoms with E-state index in [9.17, 15) is 22.8 Å². The van der Waals surface area contributed by atoms with E-state index in [1.165, 1.54) is 48.8 Å². The highest BCUT2D eigenvalue weighted by Crippen LogP contribution is 2.34. The Balaban J connectivity index is 1.15. The minimum Gasteiger partial charge on any atom is -0.494 e. The minimum absolute atomic E-state index is 0.0506. The van der Waals surface area contributed by atoms with Crippen LogP contribution in [0.25, 0.3) is 10.6 Å². The SMILES string of the molecule is COC(=O)C(C)N(C)CCCOc1ccc(-c2ncc(CNC(=O)c3ccc4c(c3)NC(=O)c3ccccc3S4(=O)=O)s2)cc1. The van der Waals surface area contributed by atoms with Crippen LogP contribution in [0.15, 0.2) is 82.7 Å². The molecule has 1 unspecified atom stereocenters. The van der Waals surface area contributed by atoms with Crippen LogP contribution in [0.2, 0.25) is 0 Å². The molecule has 11 nitrogen and oxygen atoms in total. The van der Waals surface area contributed by atoms with Crippen molar-refractivity contribution in [2.24, 2.45) is 0 Å². The van der Waals surface area contributed by atoms with E-state index < -0.39 is 21.7 Å². The minimum atomic E-state index is -3.96. The van der Waals surface area contributed by atoms with Crippen LogP contribution in [0.3, 0.4) is 0 Å². The predicted octanol–water partition coefficient (Wildman–Crippen LogP) is 4.40. The molecule has 0 radical (unpaired) electrons. The van der Waals surface area contributed by atoms with Crippen LogP contribution in [0.4, 0.5) is 5.69 Å². The summed E-state index contributed by atoms with van der Waals surface area (Å²) >= 11 is 1.43. The van der Waals surface area contributed by atoms with E-state index in [4.69, 9.17) is 9.47 Å². The number of aromatic nitrogens is 1. The van der Waals surface area contributed by atoms with Crippen molar-refractivity contribution in [3.63, 3.8) is 0 Å². The molecule has 234 valence electrons. The topological polar surface area (TPSA) is 144 Å². The lowest BCUT2D eigenvalue weighted by atomic mass is 10.1. The Morgan fingerprint density at radius 3 is 2.58 bits per heavy atom. The number of carbonyl (C=O) groups excluding carboxylic acids is 3. The van der Waals surface area contributed by atoms with Crippen molar-refractivity contribution < 1.29 is 32.3 Å². The number of anilines is 1. The zero-order valence-electron chi connectivity index (χ0n) is 24.9. The molecule has 2 heterocycles. The third-order valence-corrected chi connectivity index (χ3v) is 10.3. The molecule has 5 rings (SSSR count). The summed E-state index contributed by atoms with van der Waals surface area (Å²) in [5, 5.41) is 6.24. The van der Waals surface area contributed by atoms with Crippen LogP contribution < -0.4 is 15.4 Å². The van der Waals surface area contributed by atoms with Crippen LogP contribution in [-0.2, 0) is 25.9 Å². The number of ether oxygens (including phenoxy) is 2. The average molecular weight is 649 g/mol. The largest absolute Gasteiger partial charge is 0.494 e. The first-order valence-electron chi connectivity index (χ1n) is 14.1. The van der Waals surface area contributed by atoms with Gasteiger partial charge in [0.1, 0.15) is 16.8 Å². The number of likely N-dealkylation sites (N-methyl/N-ethyl adjacent to an activating group) is 1. The van der Waals surface area contributed by atoms with Crippen LogP contribution in [-0.4, -0.2) is 69.4 Å². The second-order valence-corrected chi connectivity index (χ2v) is 13.4. The van der Waals surface area contributed by atoms with Crippen LogP contribution in [0, 0.1) is 0 Å². The van der Waals surface area contributed by atoms with Gasteiger partial charge in [-0.2, -0.15) is 0 Å². The van der Waals surface area contributed by atoms with Gasteiger partial charge in [-0.15, -0.1) is 11.3 Å². The van der Waals surface area contributed by atoms with E-state index in [1.807, 2.05) is 36.2 Å². The molecular weight excluding hydrogens is 617 g/mol. The zero-order chi connectivity index (χ0) is 32.1. The number of hydrogen-bond donors (Lipinski definition) is 2. The number of benzene rings is 3. The first kappa shape index (κ1) is 31.8. The number of carbonyl (C=O) groups is 3. The van der Waals surface area contributed by atoms with Gasteiger partial charge in [-0.1, -0.05) is 12.1 Å². The molecule has 4 aromatic rings. The smallest absolute Gasteiger partial charge is 0.322 e. The maximum atomic E-state index is 13.2. The molecule has 0 saturated carbocycles. The van der Waals surface area contributed by atoms with E-state index in [1.54, 1.807) is 25.3 Å². The van der Waals surface area contributed by atoms with Gasteiger partial charge in [0.25, 0.3) is 11.8 Å². The number of esters is 1. The lowest BCUT2D eigenvalue weighted by Gasteiger charge is -2.22. The Labute approximate surface area is 265 Å². The van der Waals surface area contributed by atoms with Crippen molar-refractivity contribution in [2.75, 3.05) is 32.6 Å². The Morgan fingerprint density at radius 2 is 1.82 bits per heavy atom. The molecule has 2 amide bonds. The van der Waals surface area contributed by atoms with E-state index in [0.717, 1.165) is 27.6 Å². The van der Waals surface area contributed by atoms with Gasteiger partial charge in [-0.05, 0) is 75.0 Å². The summed E-state index contributed by atoms with van der Waals surface area (Å²) in [4.78, 5) is 44.4. The summed E-state index contributed by atoms with van der Waals surface area (Å²) in [5.41, 5.74) is 1.21. The number of nitrogens with one attached hydrogen (secondary N) is 2. The van der Waals surface area contributed by atoms with Crippen molar-refractivity contribution in [1.29, 1.82) is 0 Å². The van der Waals surface area contributed by atoms with Gasteiger partial charge in [0.05, 0.1) is 41.3 Å². The van der Waals surface area contributed by atoms with Crippen molar-refractivity contribution in [1.82, 2.24) is 15.2 Å². The lowest BCUT2D eigenvalue weighted by Crippen LogP contribution is -2.37. The number of rotatable bonds is 11. The van der Waals surface area contributed by atoms with Crippen molar-refractivity contribution >= 4 is 44.6 Å². The highest BCUT2D eigenvalue weighted by molar-refractivity contribution is 7.91. The normalized spacial score (nSPS) is 14.0. The fraction of sp³-hybridized carbons (Fsp3) is 0.250. The standard InChI is InChI=1S/C32H32N4O7S2/c1-20(32(39)42-3)36(2)15-6-16-43-23-12-9-21(10-13-23)31-34-19-24(44-31)18-33-29(37)22-11-14-28-26(17-22)35-30(38)25-7-4-5-8-27(25)45(28,40)41/h4-5,7-14,17,19-20H,6,15-16,18H2,1-3H3,(H,33,37)(H,35,38). The molecule has 1 aromatic heterocycles. The molecule has 0 aliphatic carbocycles. The first-order valence-corrected chi connectivity index (χ1v) is 16.4. The van der Waals surface area contributed by atoms with E-state index in [0.29, 0.717) is 13.2 Å². The highest BCUT2D eigenvalue weighted by Gasteiger charge is 2.31. The number of fused-ring (bicyclic) bond motifs is 2. The monoisotopic (exact) mass is 648 g/mol. The molecule has 45 heavy (non-hydrogen) atoms. The first-order chi connectivity index (χ1) is 21.6. The Kier molecular flexibility index (Phi) is 9.61. The van der Waals surface area contributed by atoms with Gasteiger partial charge in [0.2, 0.25) is 9.84 Å². The molecule has 0 saturated heterocycles. The maximum Gasteiger partial charge on any atom is 0.322 e. The molecule has 0 spiro atoms. The van der Waals surface area contributed by atoms with Crippen LogP contribution in [0.5, 0.6) is 5.75 Å². The summed E-state index contributed by atoms with van der Waals surface area (Å²) in [5.74, 6) is -0.528. The number of thiazole rings is 1. The number of amides is 2. The summed E-state index contributed by atoms with van der Waals surface area (Å²) in [6.07, 6.45) is 2.44. The fourth-order valence-electron chi connectivity index (χ4n) is 4.73. The molecular formula is C32H32N4O7S2. The van der Waals surface area contributed by atoms with Crippen molar-refractivity contribution in [3.8, 4) is 16.3 Å². The van der Waals surface area contributed by atoms with Crippen molar-refractivity contribution in [3.05, 3.63) is 88.9 Å². The summed E-state index contributed by atoms with van der Waals surface area (Å²) in [6.45, 7) is 3.20. The average Bonchev–Trinajstić information content (AvgIpc) is 3.51. The van der Waals surface area contributed by atoms with Gasteiger partial charge >= 0.3 is 5.97 Å².